The maximum absolute atomic E-state index is 5.12. The zero-order valence-electron chi connectivity index (χ0n) is 7.11. The molecule has 2 atom stereocenters. The van der Waals surface area contributed by atoms with Crippen LogP contribution in [0.15, 0.2) is 0 Å². The molecule has 1 rings (SSSR count). The summed E-state index contributed by atoms with van der Waals surface area (Å²) in [6.45, 7) is 4.34. The van der Waals surface area contributed by atoms with Crippen LogP contribution in [0.3, 0.4) is 0 Å². The molecule has 0 aliphatic heterocycles. The summed E-state index contributed by atoms with van der Waals surface area (Å²) < 4.78 is 5.12. The Morgan fingerprint density at radius 2 is 2.40 bits per heavy atom. The van der Waals surface area contributed by atoms with E-state index in [0.717, 1.165) is 19.1 Å². The van der Waals surface area contributed by atoms with Gasteiger partial charge >= 0.3 is 0 Å². The van der Waals surface area contributed by atoms with Crippen molar-refractivity contribution < 1.29 is 4.74 Å². The van der Waals surface area contributed by atoms with E-state index < -0.39 is 0 Å². The predicted octanol–water partition coefficient (Wildman–Crippen LogP) is 0.878. The maximum Gasteiger partial charge on any atom is 0.0519 e. The Hall–Kier alpha value is -0.0800. The molecular weight excluding hydrogens is 126 g/mol. The Labute approximate surface area is 63.0 Å². The molecular formula is C8H17NO. The van der Waals surface area contributed by atoms with Gasteiger partial charge in [0.15, 0.2) is 0 Å². The van der Waals surface area contributed by atoms with Crippen LogP contribution in [0, 0.1) is 11.3 Å². The SMILES string of the molecule is CNC[C@H]1C[C@]1(C)COC. The molecule has 0 saturated heterocycles. The van der Waals surface area contributed by atoms with Gasteiger partial charge in [0.25, 0.3) is 0 Å². The number of hydrogen-bond donors (Lipinski definition) is 1. The summed E-state index contributed by atoms with van der Waals surface area (Å²) in [5, 5.41) is 3.19. The van der Waals surface area contributed by atoms with Crippen LogP contribution in [0.4, 0.5) is 0 Å². The summed E-state index contributed by atoms with van der Waals surface area (Å²) in [5.41, 5.74) is 0.484. The molecule has 0 aromatic rings. The highest BCUT2D eigenvalue weighted by atomic mass is 16.5. The van der Waals surface area contributed by atoms with Crippen molar-refractivity contribution >= 4 is 0 Å². The van der Waals surface area contributed by atoms with Crippen LogP contribution in [0.5, 0.6) is 0 Å². The van der Waals surface area contributed by atoms with E-state index in [1.165, 1.54) is 6.42 Å². The molecule has 0 amide bonds. The lowest BCUT2D eigenvalue weighted by molar-refractivity contribution is 0.141. The van der Waals surface area contributed by atoms with E-state index in [-0.39, 0.29) is 0 Å². The molecule has 0 spiro atoms. The van der Waals surface area contributed by atoms with Gasteiger partial charge in [0.1, 0.15) is 0 Å². The third kappa shape index (κ3) is 1.50. The third-order valence-electron chi connectivity index (χ3n) is 2.46. The summed E-state index contributed by atoms with van der Waals surface area (Å²) >= 11 is 0. The number of nitrogens with one attached hydrogen (secondary N) is 1. The molecule has 1 saturated carbocycles. The Balaban J connectivity index is 2.19. The minimum Gasteiger partial charge on any atom is -0.384 e. The van der Waals surface area contributed by atoms with Crippen molar-refractivity contribution in [2.24, 2.45) is 11.3 Å². The van der Waals surface area contributed by atoms with Crippen molar-refractivity contribution in [2.45, 2.75) is 13.3 Å². The van der Waals surface area contributed by atoms with Gasteiger partial charge in [0.2, 0.25) is 0 Å². The number of ether oxygens (including phenoxy) is 1. The average molecular weight is 143 g/mol. The fourth-order valence-electron chi connectivity index (χ4n) is 1.58. The number of rotatable bonds is 4. The summed E-state index contributed by atoms with van der Waals surface area (Å²) in [6, 6.07) is 0. The van der Waals surface area contributed by atoms with Crippen LogP contribution in [0.2, 0.25) is 0 Å². The minimum absolute atomic E-state index is 0.484. The highest BCUT2D eigenvalue weighted by Crippen LogP contribution is 2.51. The van der Waals surface area contributed by atoms with Gasteiger partial charge in [-0.05, 0) is 31.3 Å². The van der Waals surface area contributed by atoms with E-state index in [1.54, 1.807) is 7.11 Å². The summed E-state index contributed by atoms with van der Waals surface area (Å²) in [6.07, 6.45) is 1.32. The van der Waals surface area contributed by atoms with Gasteiger partial charge in [-0.2, -0.15) is 0 Å². The van der Waals surface area contributed by atoms with Crippen molar-refractivity contribution in [3.8, 4) is 0 Å². The zero-order valence-corrected chi connectivity index (χ0v) is 7.11. The smallest absolute Gasteiger partial charge is 0.0519 e. The molecule has 0 unspecified atom stereocenters. The van der Waals surface area contributed by atoms with Gasteiger partial charge in [-0.3, -0.25) is 0 Å². The second-order valence-corrected chi connectivity index (χ2v) is 3.55. The zero-order chi connectivity index (χ0) is 7.61. The Morgan fingerprint density at radius 1 is 1.70 bits per heavy atom. The number of hydrogen-bond acceptors (Lipinski definition) is 2. The maximum atomic E-state index is 5.12. The van der Waals surface area contributed by atoms with Crippen molar-refractivity contribution in [3.63, 3.8) is 0 Å². The van der Waals surface area contributed by atoms with Crippen molar-refractivity contribution in [1.29, 1.82) is 0 Å². The summed E-state index contributed by atoms with van der Waals surface area (Å²) in [5.74, 6) is 0.845. The molecule has 1 aliphatic rings. The summed E-state index contributed by atoms with van der Waals surface area (Å²) in [7, 11) is 3.78. The molecule has 0 bridgehead atoms. The van der Waals surface area contributed by atoms with Gasteiger partial charge in [0, 0.05) is 7.11 Å². The number of methoxy groups -OCH3 is 1. The topological polar surface area (TPSA) is 21.3 Å². The Morgan fingerprint density at radius 3 is 2.90 bits per heavy atom. The van der Waals surface area contributed by atoms with Crippen molar-refractivity contribution in [1.82, 2.24) is 5.32 Å². The fraction of sp³-hybridized carbons (Fsp3) is 1.00. The van der Waals surface area contributed by atoms with E-state index in [9.17, 15) is 0 Å². The normalized spacial score (nSPS) is 38.1. The third-order valence-corrected chi connectivity index (χ3v) is 2.46. The minimum atomic E-state index is 0.484. The molecule has 1 aliphatic carbocycles. The van der Waals surface area contributed by atoms with Gasteiger partial charge in [-0.15, -0.1) is 0 Å². The first-order valence-electron chi connectivity index (χ1n) is 3.86. The molecule has 1 fully saturated rings. The van der Waals surface area contributed by atoms with Gasteiger partial charge in [-0.25, -0.2) is 0 Å². The molecule has 0 heterocycles. The van der Waals surface area contributed by atoms with Gasteiger partial charge in [-0.1, -0.05) is 6.92 Å². The van der Waals surface area contributed by atoms with E-state index in [0.29, 0.717) is 5.41 Å². The molecule has 0 aromatic heterocycles. The van der Waals surface area contributed by atoms with Crippen LogP contribution in [0.1, 0.15) is 13.3 Å². The van der Waals surface area contributed by atoms with Crippen LogP contribution in [-0.4, -0.2) is 27.3 Å². The van der Waals surface area contributed by atoms with Crippen molar-refractivity contribution in [2.75, 3.05) is 27.3 Å². The quantitative estimate of drug-likeness (QED) is 0.630. The molecule has 0 radical (unpaired) electrons. The van der Waals surface area contributed by atoms with Crippen LogP contribution in [0.25, 0.3) is 0 Å². The highest BCUT2D eigenvalue weighted by Gasteiger charge is 2.49. The van der Waals surface area contributed by atoms with E-state index >= 15 is 0 Å². The summed E-state index contributed by atoms with van der Waals surface area (Å²) in [4.78, 5) is 0. The molecule has 60 valence electrons. The Kier molecular flexibility index (Phi) is 2.32. The van der Waals surface area contributed by atoms with Crippen LogP contribution < -0.4 is 5.32 Å². The lowest BCUT2D eigenvalue weighted by atomic mass is 10.1. The van der Waals surface area contributed by atoms with Crippen molar-refractivity contribution in [3.05, 3.63) is 0 Å². The van der Waals surface area contributed by atoms with Gasteiger partial charge < -0.3 is 10.1 Å². The van der Waals surface area contributed by atoms with Crippen LogP contribution >= 0.6 is 0 Å². The second kappa shape index (κ2) is 2.89. The van der Waals surface area contributed by atoms with E-state index in [1.807, 2.05) is 7.05 Å². The molecule has 1 N–H and O–H groups in total. The lowest BCUT2D eigenvalue weighted by Gasteiger charge is -2.08. The largest absolute Gasteiger partial charge is 0.384 e. The van der Waals surface area contributed by atoms with E-state index in [2.05, 4.69) is 12.2 Å². The first kappa shape index (κ1) is 8.02. The first-order chi connectivity index (χ1) is 4.73. The fourth-order valence-corrected chi connectivity index (χ4v) is 1.58. The first-order valence-corrected chi connectivity index (χ1v) is 3.86. The predicted molar refractivity (Wildman–Crippen MR) is 42.0 cm³/mol. The molecule has 2 nitrogen and oxygen atoms in total. The van der Waals surface area contributed by atoms with Crippen LogP contribution in [-0.2, 0) is 4.74 Å². The molecule has 10 heavy (non-hydrogen) atoms. The monoisotopic (exact) mass is 143 g/mol. The second-order valence-electron chi connectivity index (χ2n) is 3.55. The molecule has 2 heteroatoms. The molecule has 0 aromatic carbocycles. The average Bonchev–Trinajstić information content (AvgIpc) is 2.44. The Bertz CT molecular complexity index is 116. The highest BCUT2D eigenvalue weighted by molar-refractivity contribution is 4.99. The standard InChI is InChI=1S/C8H17NO/c1-8(6-10-3)4-7(8)5-9-2/h7,9H,4-6H2,1-3H3/t7-,8-/m1/s1. The lowest BCUT2D eigenvalue weighted by Crippen LogP contribution is -2.16. The van der Waals surface area contributed by atoms with E-state index in [4.69, 9.17) is 4.74 Å². The van der Waals surface area contributed by atoms with Gasteiger partial charge in [0.05, 0.1) is 6.61 Å².